The van der Waals surface area contributed by atoms with Gasteiger partial charge in [-0.2, -0.15) is 0 Å². The quantitative estimate of drug-likeness (QED) is 0.848. The van der Waals surface area contributed by atoms with E-state index in [2.05, 4.69) is 10.2 Å². The van der Waals surface area contributed by atoms with Crippen LogP contribution in [0.3, 0.4) is 0 Å². The average Bonchev–Trinajstić information content (AvgIpc) is 2.43. The maximum atomic E-state index is 14.1. The third-order valence-electron chi connectivity index (χ3n) is 3.57. The molecule has 1 aliphatic heterocycles. The highest BCUT2D eigenvalue weighted by Gasteiger charge is 2.27. The first-order chi connectivity index (χ1) is 9.15. The molecular weight excluding hydrogens is 305 g/mol. The number of halogens is 4. The van der Waals surface area contributed by atoms with Crippen molar-refractivity contribution in [1.29, 1.82) is 0 Å². The molecule has 1 heterocycles. The van der Waals surface area contributed by atoms with E-state index in [1.807, 2.05) is 6.92 Å². The molecule has 1 aliphatic rings. The fourth-order valence-electron chi connectivity index (χ4n) is 2.62. The third-order valence-corrected chi connectivity index (χ3v) is 3.95. The van der Waals surface area contributed by atoms with Crippen molar-refractivity contribution < 1.29 is 8.78 Å². The van der Waals surface area contributed by atoms with Crippen molar-refractivity contribution >= 4 is 24.0 Å². The minimum absolute atomic E-state index is 0. The topological polar surface area (TPSA) is 15.3 Å². The molecule has 0 radical (unpaired) electrons. The Hall–Kier alpha value is -0.420. The van der Waals surface area contributed by atoms with Crippen LogP contribution in [-0.4, -0.2) is 31.1 Å². The van der Waals surface area contributed by atoms with Crippen molar-refractivity contribution in [1.82, 2.24) is 10.2 Å². The summed E-state index contributed by atoms with van der Waals surface area (Å²) in [6, 6.07) is 2.11. The van der Waals surface area contributed by atoms with Crippen molar-refractivity contribution in [2.24, 2.45) is 0 Å². The smallest absolute Gasteiger partial charge is 0.142 e. The predicted octanol–water partition coefficient (Wildman–Crippen LogP) is 3.79. The third kappa shape index (κ3) is 3.82. The van der Waals surface area contributed by atoms with Crippen LogP contribution in [-0.2, 0) is 0 Å². The molecule has 6 heteroatoms. The van der Waals surface area contributed by atoms with Crippen LogP contribution in [0.25, 0.3) is 0 Å². The molecule has 0 bridgehead atoms. The van der Waals surface area contributed by atoms with Gasteiger partial charge in [0.25, 0.3) is 0 Å². The summed E-state index contributed by atoms with van der Waals surface area (Å²) in [4.78, 5) is 2.18. The SMILES string of the molecule is CCC[C@H](c1c(F)ccc(F)c1Cl)N1CCNCC1.Cl. The maximum Gasteiger partial charge on any atom is 0.142 e. The van der Waals surface area contributed by atoms with E-state index < -0.39 is 11.6 Å². The van der Waals surface area contributed by atoms with E-state index in [0.29, 0.717) is 5.56 Å². The first-order valence-electron chi connectivity index (χ1n) is 6.73. The molecule has 0 amide bonds. The van der Waals surface area contributed by atoms with Gasteiger partial charge in [-0.1, -0.05) is 24.9 Å². The minimum atomic E-state index is -0.547. The molecule has 1 aromatic carbocycles. The van der Waals surface area contributed by atoms with Gasteiger partial charge in [0.1, 0.15) is 11.6 Å². The molecule has 0 aliphatic carbocycles. The van der Waals surface area contributed by atoms with Crippen LogP contribution in [0.15, 0.2) is 12.1 Å². The molecule has 2 nitrogen and oxygen atoms in total. The van der Waals surface area contributed by atoms with E-state index in [1.165, 1.54) is 6.07 Å². The summed E-state index contributed by atoms with van der Waals surface area (Å²) in [6.45, 7) is 5.44. The summed E-state index contributed by atoms with van der Waals surface area (Å²) in [5.74, 6) is -0.960. The minimum Gasteiger partial charge on any atom is -0.314 e. The maximum absolute atomic E-state index is 14.1. The van der Waals surface area contributed by atoms with Crippen molar-refractivity contribution in [2.45, 2.75) is 25.8 Å². The monoisotopic (exact) mass is 324 g/mol. The summed E-state index contributed by atoms with van der Waals surface area (Å²) in [5, 5.41) is 3.19. The number of nitrogens with one attached hydrogen (secondary N) is 1. The van der Waals surface area contributed by atoms with Gasteiger partial charge in [0.15, 0.2) is 0 Å². The second-order valence-corrected chi connectivity index (χ2v) is 5.23. The van der Waals surface area contributed by atoms with Gasteiger partial charge in [-0.05, 0) is 18.6 Å². The van der Waals surface area contributed by atoms with E-state index in [-0.39, 0.29) is 23.5 Å². The Morgan fingerprint density at radius 3 is 2.45 bits per heavy atom. The first kappa shape index (κ1) is 17.6. The van der Waals surface area contributed by atoms with Crippen molar-refractivity contribution in [2.75, 3.05) is 26.2 Å². The molecule has 0 spiro atoms. The fraction of sp³-hybridized carbons (Fsp3) is 0.571. The van der Waals surface area contributed by atoms with Crippen LogP contribution in [0, 0.1) is 11.6 Å². The molecule has 2 rings (SSSR count). The Morgan fingerprint density at radius 1 is 1.25 bits per heavy atom. The summed E-state index contributed by atoms with van der Waals surface area (Å²) >= 11 is 5.99. The van der Waals surface area contributed by atoms with Gasteiger partial charge in [-0.3, -0.25) is 4.90 Å². The fourth-order valence-corrected chi connectivity index (χ4v) is 2.90. The van der Waals surface area contributed by atoms with Crippen LogP contribution in [0.4, 0.5) is 8.78 Å². The van der Waals surface area contributed by atoms with Gasteiger partial charge in [0.05, 0.1) is 5.02 Å². The van der Waals surface area contributed by atoms with Crippen LogP contribution in [0.5, 0.6) is 0 Å². The number of nitrogens with zero attached hydrogens (tertiary/aromatic N) is 1. The molecule has 1 atom stereocenters. The molecule has 1 aromatic rings. The Morgan fingerprint density at radius 2 is 1.85 bits per heavy atom. The molecule has 1 saturated heterocycles. The summed E-state index contributed by atoms with van der Waals surface area (Å²) < 4.78 is 27.7. The van der Waals surface area contributed by atoms with Gasteiger partial charge in [-0.25, -0.2) is 8.78 Å². The molecule has 1 N–H and O–H groups in total. The number of hydrogen-bond donors (Lipinski definition) is 1. The van der Waals surface area contributed by atoms with Crippen molar-refractivity contribution in [3.63, 3.8) is 0 Å². The highest BCUT2D eigenvalue weighted by molar-refractivity contribution is 6.31. The van der Waals surface area contributed by atoms with Gasteiger partial charge >= 0.3 is 0 Å². The van der Waals surface area contributed by atoms with Crippen molar-refractivity contribution in [3.8, 4) is 0 Å². The normalized spacial score (nSPS) is 17.6. The van der Waals surface area contributed by atoms with Gasteiger partial charge in [0.2, 0.25) is 0 Å². The van der Waals surface area contributed by atoms with Crippen LogP contribution in [0.2, 0.25) is 5.02 Å². The molecule has 1 fully saturated rings. The van der Waals surface area contributed by atoms with Gasteiger partial charge in [-0.15, -0.1) is 12.4 Å². The Bertz CT molecular complexity index is 437. The van der Waals surface area contributed by atoms with Crippen molar-refractivity contribution in [3.05, 3.63) is 34.4 Å². The molecule has 0 unspecified atom stereocenters. The first-order valence-corrected chi connectivity index (χ1v) is 7.11. The Labute approximate surface area is 129 Å². The highest BCUT2D eigenvalue weighted by atomic mass is 35.5. The summed E-state index contributed by atoms with van der Waals surface area (Å²) in [6.07, 6.45) is 1.68. The number of piperazine rings is 1. The zero-order valence-corrected chi connectivity index (χ0v) is 13.0. The number of hydrogen-bond acceptors (Lipinski definition) is 2. The molecule has 0 saturated carbocycles. The van der Waals surface area contributed by atoms with Gasteiger partial charge < -0.3 is 5.32 Å². The largest absolute Gasteiger partial charge is 0.314 e. The molecule has 114 valence electrons. The Balaban J connectivity index is 0.00000200. The second kappa shape index (κ2) is 8.13. The van der Waals surface area contributed by atoms with E-state index in [9.17, 15) is 8.78 Å². The second-order valence-electron chi connectivity index (χ2n) is 4.85. The lowest BCUT2D eigenvalue weighted by Gasteiger charge is -2.35. The standard InChI is InChI=1S/C14H19ClF2N2.ClH/c1-2-3-12(19-8-6-18-7-9-19)13-10(16)4-5-11(17)14(13)15;/h4-5,12,18H,2-3,6-9H2,1H3;1H/t12-;/m1./s1. The van der Waals surface area contributed by atoms with E-state index in [0.717, 1.165) is 45.1 Å². The number of benzene rings is 1. The lowest BCUT2D eigenvalue weighted by molar-refractivity contribution is 0.161. The molecule has 20 heavy (non-hydrogen) atoms. The number of rotatable bonds is 4. The van der Waals surface area contributed by atoms with E-state index in [4.69, 9.17) is 11.6 Å². The molecular formula is C14H20Cl2F2N2. The zero-order valence-electron chi connectivity index (χ0n) is 11.5. The van der Waals surface area contributed by atoms with Crippen LogP contribution in [0.1, 0.15) is 31.4 Å². The molecule has 0 aromatic heterocycles. The Kier molecular flexibility index (Phi) is 7.17. The van der Waals surface area contributed by atoms with Crippen LogP contribution >= 0.6 is 24.0 Å². The van der Waals surface area contributed by atoms with Gasteiger partial charge in [0, 0.05) is 37.8 Å². The lowest BCUT2D eigenvalue weighted by atomic mass is 9.99. The van der Waals surface area contributed by atoms with E-state index >= 15 is 0 Å². The summed E-state index contributed by atoms with van der Waals surface area (Å²) in [5.41, 5.74) is 0.311. The average molecular weight is 325 g/mol. The zero-order chi connectivity index (χ0) is 13.8. The van der Waals surface area contributed by atoms with E-state index in [1.54, 1.807) is 0 Å². The predicted molar refractivity (Wildman–Crippen MR) is 80.7 cm³/mol. The summed E-state index contributed by atoms with van der Waals surface area (Å²) in [7, 11) is 0. The lowest BCUT2D eigenvalue weighted by Crippen LogP contribution is -2.45. The highest BCUT2D eigenvalue weighted by Crippen LogP contribution is 2.34. The van der Waals surface area contributed by atoms with Crippen LogP contribution < -0.4 is 5.32 Å².